The van der Waals surface area contributed by atoms with Gasteiger partial charge >= 0.3 is 0 Å². The molecule has 41 heavy (non-hydrogen) atoms. The highest BCUT2D eigenvalue weighted by Crippen LogP contribution is 2.46. The van der Waals surface area contributed by atoms with Gasteiger partial charge in [0.15, 0.2) is 0 Å². The largest absolute Gasteiger partial charge is 0.357 e. The van der Waals surface area contributed by atoms with Crippen molar-refractivity contribution in [1.82, 2.24) is 15.5 Å². The Balaban J connectivity index is 1.87. The summed E-state index contributed by atoms with van der Waals surface area (Å²) in [6, 6.07) is 7.04. The summed E-state index contributed by atoms with van der Waals surface area (Å²) in [5, 5.41) is 8.82. The van der Waals surface area contributed by atoms with Gasteiger partial charge in [0.25, 0.3) is 11.8 Å². The van der Waals surface area contributed by atoms with E-state index in [1.165, 1.54) is 26.1 Å². The minimum atomic E-state index is -4.25. The Morgan fingerprint density at radius 3 is 2.10 bits per heavy atom. The molecular weight excluding hydrogens is 547 g/mol. The molecular formula is C29H39N4O7P. The lowest BCUT2D eigenvalue weighted by Crippen LogP contribution is -2.49. The number of amides is 5. The van der Waals surface area contributed by atoms with E-state index in [1.807, 2.05) is 27.7 Å². The zero-order chi connectivity index (χ0) is 30.6. The number of carbonyl (C=O) groups is 5. The second-order valence-corrected chi connectivity index (χ2v) is 13.8. The van der Waals surface area contributed by atoms with Gasteiger partial charge in [-0.15, -0.1) is 0 Å². The molecule has 2 aromatic rings. The fourth-order valence-electron chi connectivity index (χ4n) is 5.20. The van der Waals surface area contributed by atoms with Crippen molar-refractivity contribution in [2.75, 3.05) is 24.8 Å². The SMILES string of the molecule is CNC(=O)[C@H](CC(C)C)NC(=O)C(CC(C)C)CP(=O)(O)CN1C(=O)c2cccc3c(NC(C)=O)ccc(c23)C1=O. The van der Waals surface area contributed by atoms with Crippen molar-refractivity contribution in [3.8, 4) is 0 Å². The predicted octanol–water partition coefficient (Wildman–Crippen LogP) is 3.56. The maximum Gasteiger partial charge on any atom is 0.261 e. The third kappa shape index (κ3) is 7.59. The Morgan fingerprint density at radius 1 is 0.927 bits per heavy atom. The van der Waals surface area contributed by atoms with E-state index in [1.54, 1.807) is 18.2 Å². The highest BCUT2D eigenvalue weighted by Gasteiger charge is 2.39. The summed E-state index contributed by atoms with van der Waals surface area (Å²) in [6.45, 7) is 8.93. The summed E-state index contributed by atoms with van der Waals surface area (Å²) in [5.74, 6) is -3.48. The first-order valence-electron chi connectivity index (χ1n) is 13.7. The number of rotatable bonds is 12. The standard InChI is InChI=1S/C29H39N4O7P/c1-16(2)12-19(26(35)32-24(13-17(3)4)27(36)30-6)14-41(39,40)15-33-28(37)21-9-7-8-20-23(31-18(5)34)11-10-22(25(20)21)29(33)38/h7-11,16-17,19,24H,12-15H2,1-6H3,(H,30,36)(H,31,34)(H,32,35)(H,39,40)/t19?,24-/m0/s1. The molecule has 0 radical (unpaired) electrons. The molecule has 5 amide bonds. The average molecular weight is 587 g/mol. The van der Waals surface area contributed by atoms with Crippen LogP contribution in [0.2, 0.25) is 0 Å². The van der Waals surface area contributed by atoms with Crippen LogP contribution in [0.1, 0.15) is 68.2 Å². The van der Waals surface area contributed by atoms with Gasteiger partial charge in [0.1, 0.15) is 12.3 Å². The molecule has 4 N–H and O–H groups in total. The van der Waals surface area contributed by atoms with Crippen molar-refractivity contribution >= 4 is 53.4 Å². The van der Waals surface area contributed by atoms with Gasteiger partial charge in [-0.2, -0.15) is 0 Å². The zero-order valence-electron chi connectivity index (χ0n) is 24.3. The Kier molecular flexibility index (Phi) is 10.1. The molecule has 0 aromatic heterocycles. The van der Waals surface area contributed by atoms with Gasteiger partial charge in [0.05, 0.1) is 0 Å². The van der Waals surface area contributed by atoms with Crippen LogP contribution in [0.25, 0.3) is 10.8 Å². The van der Waals surface area contributed by atoms with Crippen molar-refractivity contribution in [2.24, 2.45) is 17.8 Å². The quantitative estimate of drug-likeness (QED) is 0.218. The number of imide groups is 1. The summed E-state index contributed by atoms with van der Waals surface area (Å²) in [6.07, 6.45) is -0.564. The summed E-state index contributed by atoms with van der Waals surface area (Å²) in [5.41, 5.74) is 0.779. The second-order valence-electron chi connectivity index (χ2n) is 11.4. The fraction of sp³-hybridized carbons (Fsp3) is 0.483. The summed E-state index contributed by atoms with van der Waals surface area (Å²) in [4.78, 5) is 76.0. The molecule has 1 heterocycles. The van der Waals surface area contributed by atoms with Crippen molar-refractivity contribution < 1.29 is 33.4 Å². The van der Waals surface area contributed by atoms with Gasteiger partial charge < -0.3 is 20.8 Å². The van der Waals surface area contributed by atoms with Crippen LogP contribution in [0.5, 0.6) is 0 Å². The Labute approximate surface area is 239 Å². The zero-order valence-corrected chi connectivity index (χ0v) is 25.2. The predicted molar refractivity (Wildman–Crippen MR) is 157 cm³/mol. The van der Waals surface area contributed by atoms with Crippen molar-refractivity contribution in [3.63, 3.8) is 0 Å². The van der Waals surface area contributed by atoms with Crippen LogP contribution >= 0.6 is 7.37 Å². The molecule has 222 valence electrons. The van der Waals surface area contributed by atoms with Crippen LogP contribution in [0, 0.1) is 17.8 Å². The van der Waals surface area contributed by atoms with Crippen LogP contribution < -0.4 is 16.0 Å². The fourth-order valence-corrected chi connectivity index (χ4v) is 7.01. The highest BCUT2D eigenvalue weighted by molar-refractivity contribution is 7.58. The maximum atomic E-state index is 13.6. The number of anilines is 1. The van der Waals surface area contributed by atoms with Gasteiger partial charge in [0.2, 0.25) is 25.1 Å². The van der Waals surface area contributed by atoms with Crippen LogP contribution in [0.15, 0.2) is 30.3 Å². The first-order chi connectivity index (χ1) is 19.1. The minimum Gasteiger partial charge on any atom is -0.357 e. The third-order valence-corrected chi connectivity index (χ3v) is 8.62. The molecule has 2 aromatic carbocycles. The lowest BCUT2D eigenvalue weighted by Gasteiger charge is -2.30. The molecule has 0 saturated heterocycles. The van der Waals surface area contributed by atoms with Crippen LogP contribution in [-0.4, -0.2) is 64.9 Å². The molecule has 3 atom stereocenters. The van der Waals surface area contributed by atoms with Crippen LogP contribution in [0.4, 0.5) is 5.69 Å². The maximum absolute atomic E-state index is 13.6. The van der Waals surface area contributed by atoms with Crippen LogP contribution in [0.3, 0.4) is 0 Å². The number of benzene rings is 2. The van der Waals surface area contributed by atoms with E-state index < -0.39 is 49.5 Å². The number of hydrogen-bond donors (Lipinski definition) is 4. The van der Waals surface area contributed by atoms with Crippen molar-refractivity contribution in [3.05, 3.63) is 41.5 Å². The average Bonchev–Trinajstić information content (AvgIpc) is 2.88. The molecule has 3 rings (SSSR count). The molecule has 11 nitrogen and oxygen atoms in total. The third-order valence-electron chi connectivity index (χ3n) is 6.88. The van der Waals surface area contributed by atoms with Gasteiger partial charge in [-0.05, 0) is 42.9 Å². The van der Waals surface area contributed by atoms with Gasteiger partial charge in [-0.1, -0.05) is 39.8 Å². The number of nitrogens with one attached hydrogen (secondary N) is 3. The van der Waals surface area contributed by atoms with E-state index in [9.17, 15) is 33.4 Å². The van der Waals surface area contributed by atoms with Crippen molar-refractivity contribution in [2.45, 2.75) is 53.5 Å². The summed E-state index contributed by atoms with van der Waals surface area (Å²) >= 11 is 0. The van der Waals surface area contributed by atoms with Crippen molar-refractivity contribution in [1.29, 1.82) is 0 Å². The smallest absolute Gasteiger partial charge is 0.261 e. The molecule has 0 saturated carbocycles. The molecule has 1 aliphatic heterocycles. The van der Waals surface area contributed by atoms with E-state index in [0.29, 0.717) is 22.9 Å². The molecule has 1 aliphatic rings. The highest BCUT2D eigenvalue weighted by atomic mass is 31.2. The lowest BCUT2D eigenvalue weighted by molar-refractivity contribution is -0.131. The van der Waals surface area contributed by atoms with Crippen LogP contribution in [-0.2, 0) is 18.9 Å². The normalized spacial score (nSPS) is 16.0. The minimum absolute atomic E-state index is 0.00478. The molecule has 12 heteroatoms. The molecule has 2 unspecified atom stereocenters. The first kappa shape index (κ1) is 32.0. The topological polar surface area (TPSA) is 162 Å². The monoisotopic (exact) mass is 586 g/mol. The van der Waals surface area contributed by atoms with E-state index in [2.05, 4.69) is 16.0 Å². The Morgan fingerprint density at radius 2 is 1.54 bits per heavy atom. The summed E-state index contributed by atoms with van der Waals surface area (Å²) < 4.78 is 13.6. The van der Waals surface area contributed by atoms with E-state index in [4.69, 9.17) is 0 Å². The van der Waals surface area contributed by atoms with Gasteiger partial charge in [-0.3, -0.25) is 33.4 Å². The second kappa shape index (κ2) is 13.0. The number of hydrogen-bond acceptors (Lipinski definition) is 6. The van der Waals surface area contributed by atoms with Gasteiger partial charge in [0, 0.05) is 53.6 Å². The molecule has 0 spiro atoms. The Hall–Kier alpha value is -3.56. The number of nitrogens with zero attached hydrogens (tertiary/aromatic N) is 1. The summed E-state index contributed by atoms with van der Waals surface area (Å²) in [7, 11) is -2.78. The number of carbonyl (C=O) groups excluding carboxylic acids is 5. The molecule has 0 aliphatic carbocycles. The van der Waals surface area contributed by atoms with E-state index in [0.717, 1.165) is 4.90 Å². The van der Waals surface area contributed by atoms with E-state index in [-0.39, 0.29) is 41.2 Å². The Bertz CT molecular complexity index is 1400. The molecule has 0 fully saturated rings. The first-order valence-corrected chi connectivity index (χ1v) is 15.7. The van der Waals surface area contributed by atoms with Gasteiger partial charge in [-0.25, -0.2) is 0 Å². The molecule has 0 bridgehead atoms. The lowest BCUT2D eigenvalue weighted by atomic mass is 9.93. The number of likely N-dealkylation sites (N-methyl/N-ethyl adjacent to an activating group) is 1. The van der Waals surface area contributed by atoms with E-state index >= 15 is 0 Å².